The van der Waals surface area contributed by atoms with Crippen molar-refractivity contribution in [1.82, 2.24) is 0 Å². The van der Waals surface area contributed by atoms with Crippen molar-refractivity contribution >= 4 is 32.9 Å². The lowest BCUT2D eigenvalue weighted by molar-refractivity contribution is 0.540. The number of anilines is 2. The highest BCUT2D eigenvalue weighted by atomic mass is 15.2. The summed E-state index contributed by atoms with van der Waals surface area (Å²) in [5, 5.41) is 8.71. The first-order valence-electron chi connectivity index (χ1n) is 14.7. The lowest BCUT2D eigenvalue weighted by atomic mass is 9.74. The lowest BCUT2D eigenvalue weighted by Crippen LogP contribution is -2.29. The van der Waals surface area contributed by atoms with Crippen molar-refractivity contribution in [2.24, 2.45) is 0 Å². The van der Waals surface area contributed by atoms with Gasteiger partial charge in [0, 0.05) is 36.6 Å². The van der Waals surface area contributed by atoms with E-state index in [1.54, 1.807) is 0 Å². The van der Waals surface area contributed by atoms with Crippen molar-refractivity contribution < 1.29 is 0 Å². The maximum atomic E-state index is 3.45. The minimum atomic E-state index is -0.152. The Kier molecular flexibility index (Phi) is 6.95. The van der Waals surface area contributed by atoms with Gasteiger partial charge in [-0.2, -0.15) is 0 Å². The van der Waals surface area contributed by atoms with E-state index in [9.17, 15) is 0 Å². The van der Waals surface area contributed by atoms with E-state index in [1.807, 2.05) is 7.05 Å². The summed E-state index contributed by atoms with van der Waals surface area (Å²) < 4.78 is 0. The molecule has 2 heteroatoms. The highest BCUT2D eigenvalue weighted by molar-refractivity contribution is 5.95. The molecule has 0 radical (unpaired) electrons. The van der Waals surface area contributed by atoms with Gasteiger partial charge in [0.15, 0.2) is 0 Å². The first-order valence-corrected chi connectivity index (χ1v) is 14.7. The number of fused-ring (bicyclic) bond motifs is 4. The highest BCUT2D eigenvalue weighted by Crippen LogP contribution is 2.52. The third-order valence-corrected chi connectivity index (χ3v) is 9.04. The summed E-state index contributed by atoms with van der Waals surface area (Å²) in [7, 11) is 4.25. The minimum absolute atomic E-state index is 0.0394. The summed E-state index contributed by atoms with van der Waals surface area (Å²) in [6.45, 7) is 7.14. The van der Waals surface area contributed by atoms with Crippen molar-refractivity contribution in [3.8, 4) is 0 Å². The Morgan fingerprint density at radius 3 is 2.15 bits per heavy atom. The monoisotopic (exact) mass is 536 g/mol. The second-order valence-electron chi connectivity index (χ2n) is 12.3. The van der Waals surface area contributed by atoms with E-state index < -0.39 is 0 Å². The average Bonchev–Trinajstić information content (AvgIpc) is 3.20. The Morgan fingerprint density at radius 1 is 0.780 bits per heavy atom. The third-order valence-electron chi connectivity index (χ3n) is 9.04. The maximum Gasteiger partial charge on any atom is 0.0454 e. The van der Waals surface area contributed by atoms with E-state index in [-0.39, 0.29) is 10.8 Å². The van der Waals surface area contributed by atoms with E-state index >= 15 is 0 Å². The van der Waals surface area contributed by atoms with Gasteiger partial charge in [-0.05, 0) is 81.6 Å². The molecule has 2 nitrogen and oxygen atoms in total. The van der Waals surface area contributed by atoms with Gasteiger partial charge in [0.2, 0.25) is 0 Å². The number of rotatable bonds is 7. The molecule has 5 aromatic carbocycles. The second kappa shape index (κ2) is 10.6. The molecular weight excluding hydrogens is 496 g/mol. The fourth-order valence-electron chi connectivity index (χ4n) is 7.06. The van der Waals surface area contributed by atoms with Crippen LogP contribution in [0.5, 0.6) is 0 Å². The molecule has 6 rings (SSSR count). The Balaban J connectivity index is 1.38. The number of likely N-dealkylation sites (N-methyl/N-ethyl adjacent to an activating group) is 1. The molecule has 1 aliphatic rings. The molecule has 1 atom stereocenters. The largest absolute Gasteiger partial charge is 0.388 e. The third kappa shape index (κ3) is 4.72. The smallest absolute Gasteiger partial charge is 0.0454 e. The Hall–Kier alpha value is -4.30. The van der Waals surface area contributed by atoms with Crippen LogP contribution in [0.25, 0.3) is 21.5 Å². The fourth-order valence-corrected chi connectivity index (χ4v) is 7.06. The molecule has 0 saturated heterocycles. The highest BCUT2D eigenvalue weighted by Gasteiger charge is 2.43. The van der Waals surface area contributed by atoms with Crippen LogP contribution in [0.15, 0.2) is 127 Å². The van der Waals surface area contributed by atoms with E-state index in [0.29, 0.717) is 0 Å². The van der Waals surface area contributed by atoms with Gasteiger partial charge in [0.1, 0.15) is 0 Å². The SMILES string of the molecule is CNc1ccc2ccccc2c1C(C)(C)C/C=C/C=C1/N(C)c2ccc3ccccc3c2C1(C)Cc1ccccc1. The van der Waals surface area contributed by atoms with Crippen molar-refractivity contribution in [3.63, 3.8) is 0 Å². The van der Waals surface area contributed by atoms with Gasteiger partial charge in [-0.15, -0.1) is 0 Å². The molecule has 0 saturated carbocycles. The molecule has 1 aliphatic heterocycles. The minimum Gasteiger partial charge on any atom is -0.388 e. The molecule has 0 spiro atoms. The summed E-state index contributed by atoms with van der Waals surface area (Å²) in [4.78, 5) is 2.41. The van der Waals surface area contributed by atoms with E-state index in [0.717, 1.165) is 12.8 Å². The van der Waals surface area contributed by atoms with Gasteiger partial charge in [0.05, 0.1) is 0 Å². The normalized spacial score (nSPS) is 18.1. The zero-order valence-corrected chi connectivity index (χ0v) is 24.9. The maximum absolute atomic E-state index is 3.45. The van der Waals surface area contributed by atoms with Gasteiger partial charge < -0.3 is 10.2 Å². The summed E-state index contributed by atoms with van der Waals surface area (Å²) in [6, 6.07) is 37.5. The van der Waals surface area contributed by atoms with Crippen LogP contribution in [0.3, 0.4) is 0 Å². The quantitative estimate of drug-likeness (QED) is 0.223. The van der Waals surface area contributed by atoms with Crippen LogP contribution in [-0.2, 0) is 17.3 Å². The van der Waals surface area contributed by atoms with E-state index in [2.05, 4.69) is 159 Å². The second-order valence-corrected chi connectivity index (χ2v) is 12.3. The molecule has 0 aromatic heterocycles. The van der Waals surface area contributed by atoms with Crippen LogP contribution in [0, 0.1) is 0 Å². The zero-order valence-electron chi connectivity index (χ0n) is 24.9. The van der Waals surface area contributed by atoms with Gasteiger partial charge >= 0.3 is 0 Å². The molecule has 41 heavy (non-hydrogen) atoms. The molecule has 1 unspecified atom stereocenters. The topological polar surface area (TPSA) is 15.3 Å². The fraction of sp³-hybridized carbons (Fsp3) is 0.231. The first-order chi connectivity index (χ1) is 19.8. The number of hydrogen-bond donors (Lipinski definition) is 1. The zero-order chi connectivity index (χ0) is 28.6. The predicted molar refractivity (Wildman–Crippen MR) is 178 cm³/mol. The van der Waals surface area contributed by atoms with Crippen molar-refractivity contribution in [1.29, 1.82) is 0 Å². The molecule has 206 valence electrons. The molecule has 0 fully saturated rings. The predicted octanol–water partition coefficient (Wildman–Crippen LogP) is 9.79. The number of hydrogen-bond acceptors (Lipinski definition) is 2. The molecule has 0 amide bonds. The van der Waals surface area contributed by atoms with E-state index in [1.165, 1.54) is 55.3 Å². The first kappa shape index (κ1) is 26.9. The van der Waals surface area contributed by atoms with Crippen LogP contribution in [0.1, 0.15) is 43.9 Å². The molecule has 1 heterocycles. The molecule has 0 bridgehead atoms. The summed E-state index contributed by atoms with van der Waals surface area (Å²) in [6.07, 6.45) is 8.89. The number of benzene rings is 5. The van der Waals surface area contributed by atoms with Crippen LogP contribution in [0.2, 0.25) is 0 Å². The number of nitrogens with zero attached hydrogens (tertiary/aromatic N) is 1. The van der Waals surface area contributed by atoms with Crippen LogP contribution < -0.4 is 10.2 Å². The van der Waals surface area contributed by atoms with Gasteiger partial charge in [-0.25, -0.2) is 0 Å². The Morgan fingerprint density at radius 2 is 1.41 bits per heavy atom. The van der Waals surface area contributed by atoms with Gasteiger partial charge in [0.25, 0.3) is 0 Å². The molecule has 5 aromatic rings. The van der Waals surface area contributed by atoms with Crippen LogP contribution in [0.4, 0.5) is 11.4 Å². The van der Waals surface area contributed by atoms with Crippen molar-refractivity contribution in [3.05, 3.63) is 144 Å². The number of allylic oxidation sites excluding steroid dienone is 4. The van der Waals surface area contributed by atoms with Crippen LogP contribution in [-0.4, -0.2) is 14.1 Å². The molecule has 1 N–H and O–H groups in total. The molecular formula is C39H40N2. The van der Waals surface area contributed by atoms with Crippen molar-refractivity contribution in [2.45, 2.75) is 44.4 Å². The van der Waals surface area contributed by atoms with Gasteiger partial charge in [-0.1, -0.05) is 117 Å². The lowest BCUT2D eigenvalue weighted by Gasteiger charge is -2.30. The van der Waals surface area contributed by atoms with Crippen LogP contribution >= 0.6 is 0 Å². The van der Waals surface area contributed by atoms with Crippen molar-refractivity contribution in [2.75, 3.05) is 24.3 Å². The number of nitrogens with one attached hydrogen (secondary N) is 1. The summed E-state index contributed by atoms with van der Waals surface area (Å²) in [5.41, 5.74) is 7.81. The van der Waals surface area contributed by atoms with Gasteiger partial charge in [-0.3, -0.25) is 0 Å². The summed E-state index contributed by atoms with van der Waals surface area (Å²) >= 11 is 0. The Labute approximate surface area is 245 Å². The van der Waals surface area contributed by atoms with E-state index in [4.69, 9.17) is 0 Å². The average molecular weight is 537 g/mol. The standard InChI is InChI=1S/C39H40N2/c1-38(2,36-31-19-11-9-17-29(31)22-24-33(36)40-4)26-14-13-21-35-39(3,27-28-15-7-6-8-16-28)37-32-20-12-10-18-30(32)23-25-34(37)41(35)5/h6-25,40H,26-27H2,1-5H3/b14-13+,35-21+. The summed E-state index contributed by atoms with van der Waals surface area (Å²) in [5.74, 6) is 0. The Bertz CT molecular complexity index is 1780. The molecule has 0 aliphatic carbocycles.